The Hall–Kier alpha value is -2.88. The predicted molar refractivity (Wildman–Crippen MR) is 168 cm³/mol. The van der Waals surface area contributed by atoms with Gasteiger partial charge in [0, 0.05) is 37.2 Å². The summed E-state index contributed by atoms with van der Waals surface area (Å²) in [6.45, 7) is 4.46. The summed E-state index contributed by atoms with van der Waals surface area (Å²) in [6.07, 6.45) is 10.4. The number of nitrogens with zero attached hydrogens (tertiary/aromatic N) is 1. The first-order valence-electron chi connectivity index (χ1n) is 12.5. The maximum absolute atomic E-state index is 9.75. The Labute approximate surface area is 258 Å². The first-order chi connectivity index (χ1) is 19.2. The Kier molecular flexibility index (Phi) is 9.51. The van der Waals surface area contributed by atoms with Crippen LogP contribution in [0.15, 0.2) is 112 Å². The maximum atomic E-state index is 9.75. The summed E-state index contributed by atoms with van der Waals surface area (Å²) in [4.78, 5) is 0. The van der Waals surface area contributed by atoms with Crippen molar-refractivity contribution in [3.05, 3.63) is 134 Å². The van der Waals surface area contributed by atoms with Gasteiger partial charge in [-0.05, 0) is 79.6 Å². The van der Waals surface area contributed by atoms with Gasteiger partial charge in [0.1, 0.15) is 18.6 Å². The van der Waals surface area contributed by atoms with Gasteiger partial charge in [-0.25, -0.2) is 0 Å². The normalized spacial score (nSPS) is 17.1. The van der Waals surface area contributed by atoms with Crippen molar-refractivity contribution in [3.8, 4) is 0 Å². The number of hydrogen-bond donors (Lipinski definition) is 0. The molecule has 0 aliphatic carbocycles. The van der Waals surface area contributed by atoms with E-state index in [1.54, 1.807) is 0 Å². The summed E-state index contributed by atoms with van der Waals surface area (Å²) in [6, 6.07) is 22.6. The lowest BCUT2D eigenvalue weighted by Crippen LogP contribution is -2.26. The quantitative estimate of drug-likeness (QED) is 0.149. The molecule has 0 saturated heterocycles. The fourth-order valence-corrected chi connectivity index (χ4v) is 5.41. The Morgan fingerprint density at radius 1 is 0.854 bits per heavy atom. The predicted octanol–water partition coefficient (Wildman–Crippen LogP) is 10.8. The Morgan fingerprint density at radius 2 is 1.41 bits per heavy atom. The van der Waals surface area contributed by atoms with Crippen LogP contribution in [0.4, 0.5) is 23.0 Å². The molecule has 0 bridgehead atoms. The number of allylic oxidation sites excluding steroid dienone is 6. The van der Waals surface area contributed by atoms with Crippen LogP contribution in [0.2, 0.25) is 5.02 Å². The molecule has 0 radical (unpaired) electrons. The number of fused-ring (bicyclic) bond motifs is 1. The average molecular weight is 710 g/mol. The number of hydrogen-bond acceptors (Lipinski definition) is 1. The highest BCUT2D eigenvalue weighted by Crippen LogP contribution is 2.40. The van der Waals surface area contributed by atoms with Gasteiger partial charge in [0.15, 0.2) is 5.71 Å². The Morgan fingerprint density at radius 3 is 2.00 bits per heavy atom. The fraction of sp³-hybridized carbons (Fsp3) is 0.129. The monoisotopic (exact) mass is 707 g/mol. The molecule has 0 fully saturated rings. The molecule has 41 heavy (non-hydrogen) atoms. The number of benzene rings is 3. The number of ether oxygens (including phenoxy) is 1. The van der Waals surface area contributed by atoms with Gasteiger partial charge in [-0.2, -0.15) is 4.58 Å². The van der Waals surface area contributed by atoms with Crippen LogP contribution < -0.4 is 0 Å². The van der Waals surface area contributed by atoms with E-state index in [0.29, 0.717) is 0 Å². The molecule has 10 heteroatoms. The lowest BCUT2D eigenvalue weighted by molar-refractivity contribution is -0.401. The number of halogens is 7. The number of rotatable bonds is 4. The van der Waals surface area contributed by atoms with Crippen molar-refractivity contribution in [2.75, 3.05) is 7.05 Å². The fourth-order valence-electron chi connectivity index (χ4n) is 4.71. The summed E-state index contributed by atoms with van der Waals surface area (Å²) >= 11 is 13.4. The molecule has 0 aromatic heterocycles. The van der Waals surface area contributed by atoms with E-state index in [9.17, 15) is 17.3 Å². The highest BCUT2D eigenvalue weighted by Gasteiger charge is 2.42. The summed E-state index contributed by atoms with van der Waals surface area (Å²) < 4.78 is 49.7. The van der Waals surface area contributed by atoms with Crippen LogP contribution in [0.5, 0.6) is 0 Å². The maximum Gasteiger partial charge on any atom is 0.673 e. The molecule has 0 unspecified atom stereocenters. The van der Waals surface area contributed by atoms with E-state index in [4.69, 9.17) is 16.3 Å². The van der Waals surface area contributed by atoms with Crippen LogP contribution in [0.1, 0.15) is 30.5 Å². The highest BCUT2D eigenvalue weighted by atomic mass is 79.9. The molecule has 0 N–H and O–H groups in total. The van der Waals surface area contributed by atoms with E-state index in [1.807, 2.05) is 24.3 Å². The van der Waals surface area contributed by atoms with Gasteiger partial charge in [0.25, 0.3) is 0 Å². The molecule has 3 aromatic carbocycles. The third kappa shape index (κ3) is 7.90. The SMILES string of the molecule is C[N+]1=C(/C=C/C=C2\C=C(c3ccc(Br)cc3)C=C(c3ccc(Br)cc3)O2)C(C)(C)c2cc(Cl)ccc21.F[B-](F)(F)F. The van der Waals surface area contributed by atoms with Crippen molar-refractivity contribution in [3.63, 3.8) is 0 Å². The molecule has 2 heterocycles. The summed E-state index contributed by atoms with van der Waals surface area (Å²) in [5, 5.41) is 0.760. The van der Waals surface area contributed by atoms with Crippen LogP contribution in [0.25, 0.3) is 11.3 Å². The summed E-state index contributed by atoms with van der Waals surface area (Å²) in [7, 11) is -3.90. The average Bonchev–Trinajstić information content (AvgIpc) is 3.08. The third-order valence-electron chi connectivity index (χ3n) is 6.63. The van der Waals surface area contributed by atoms with Crippen molar-refractivity contribution in [2.45, 2.75) is 19.3 Å². The van der Waals surface area contributed by atoms with Crippen molar-refractivity contribution in [1.29, 1.82) is 0 Å². The molecular weight excluding hydrogens is 684 g/mol. The van der Waals surface area contributed by atoms with E-state index in [2.05, 4.69) is 130 Å². The second-order valence-electron chi connectivity index (χ2n) is 9.88. The lowest BCUT2D eigenvalue weighted by Gasteiger charge is -2.18. The van der Waals surface area contributed by atoms with Crippen molar-refractivity contribution < 1.29 is 26.6 Å². The van der Waals surface area contributed by atoms with Gasteiger partial charge in [0.2, 0.25) is 5.69 Å². The van der Waals surface area contributed by atoms with Crippen LogP contribution in [0.3, 0.4) is 0 Å². The molecule has 5 rings (SSSR count). The Balaban J connectivity index is 0.000000714. The van der Waals surface area contributed by atoms with E-state index in [-0.39, 0.29) is 5.41 Å². The zero-order valence-electron chi connectivity index (χ0n) is 22.3. The van der Waals surface area contributed by atoms with E-state index < -0.39 is 7.25 Å². The van der Waals surface area contributed by atoms with Gasteiger partial charge in [-0.1, -0.05) is 73.8 Å². The molecule has 0 spiro atoms. The summed E-state index contributed by atoms with van der Waals surface area (Å²) in [5.41, 5.74) is 6.71. The van der Waals surface area contributed by atoms with Crippen LogP contribution in [-0.2, 0) is 10.2 Å². The van der Waals surface area contributed by atoms with Crippen LogP contribution in [-0.4, -0.2) is 24.6 Å². The van der Waals surface area contributed by atoms with Crippen molar-refractivity contribution in [1.82, 2.24) is 0 Å². The molecule has 3 aromatic rings. The highest BCUT2D eigenvalue weighted by molar-refractivity contribution is 9.10. The minimum absolute atomic E-state index is 0.154. The second kappa shape index (κ2) is 12.6. The minimum atomic E-state index is -6.00. The van der Waals surface area contributed by atoms with E-state index in [1.165, 1.54) is 17.0 Å². The lowest BCUT2D eigenvalue weighted by atomic mass is 9.81. The zero-order chi connectivity index (χ0) is 29.9. The van der Waals surface area contributed by atoms with Gasteiger partial charge < -0.3 is 22.0 Å². The largest absolute Gasteiger partial charge is 0.673 e. The molecule has 0 amide bonds. The molecule has 212 valence electrons. The second-order valence-corrected chi connectivity index (χ2v) is 12.1. The smallest absolute Gasteiger partial charge is 0.457 e. The standard InChI is InChI=1S/C31H25Br2ClNO.BF4/c1-31(2)27-19-25(34)15-16-28(27)35(3)30(31)6-4-5-26-17-22(20-7-11-23(32)12-8-20)18-29(36-26)21-9-13-24(33)14-10-21;2-1(3,4)5/h4-19H,1-3H3;/q+1;-1/b6-4+,26-5+;. The van der Waals surface area contributed by atoms with Gasteiger partial charge in [0.05, 0.1) is 5.41 Å². The Bertz CT molecular complexity index is 1600. The molecule has 2 aliphatic rings. The van der Waals surface area contributed by atoms with Crippen molar-refractivity contribution >= 4 is 73.4 Å². The van der Waals surface area contributed by atoms with Crippen molar-refractivity contribution in [2.24, 2.45) is 0 Å². The van der Waals surface area contributed by atoms with Gasteiger partial charge in [-0.15, -0.1) is 0 Å². The van der Waals surface area contributed by atoms with E-state index >= 15 is 0 Å². The molecule has 2 aliphatic heterocycles. The third-order valence-corrected chi connectivity index (χ3v) is 7.92. The molecular formula is C31H25BBr2ClF4NO. The molecule has 2 nitrogen and oxygen atoms in total. The first-order valence-corrected chi connectivity index (χ1v) is 14.5. The van der Waals surface area contributed by atoms with Crippen LogP contribution in [0, 0.1) is 0 Å². The first kappa shape index (κ1) is 31.1. The molecule has 0 saturated carbocycles. The molecule has 0 atom stereocenters. The van der Waals surface area contributed by atoms with Gasteiger partial charge in [-0.3, -0.25) is 0 Å². The van der Waals surface area contributed by atoms with E-state index in [0.717, 1.165) is 42.2 Å². The topological polar surface area (TPSA) is 12.2 Å². The van der Waals surface area contributed by atoms with Crippen LogP contribution >= 0.6 is 43.5 Å². The minimum Gasteiger partial charge on any atom is -0.457 e. The zero-order valence-corrected chi connectivity index (χ0v) is 26.2. The van der Waals surface area contributed by atoms with Gasteiger partial charge >= 0.3 is 7.25 Å². The summed E-state index contributed by atoms with van der Waals surface area (Å²) in [5.74, 6) is 1.60.